The molecular formula is C25H20N4O3. The minimum Gasteiger partial charge on any atom is -0.489 e. The van der Waals surface area contributed by atoms with Crippen LogP contribution in [0.1, 0.15) is 11.1 Å². The Morgan fingerprint density at radius 3 is 2.62 bits per heavy atom. The normalized spacial score (nSPS) is 11.0. The molecule has 0 spiro atoms. The summed E-state index contributed by atoms with van der Waals surface area (Å²) in [6.45, 7) is 0.515. The molecule has 0 radical (unpaired) electrons. The van der Waals surface area contributed by atoms with E-state index < -0.39 is 5.97 Å². The smallest absolute Gasteiger partial charge is 0.307 e. The molecule has 3 heterocycles. The van der Waals surface area contributed by atoms with Crippen molar-refractivity contribution in [2.45, 2.75) is 13.0 Å². The van der Waals surface area contributed by atoms with Crippen LogP contribution in [0.3, 0.4) is 0 Å². The van der Waals surface area contributed by atoms with Gasteiger partial charge in [0.1, 0.15) is 12.4 Å². The molecule has 2 aromatic carbocycles. The van der Waals surface area contributed by atoms with Gasteiger partial charge in [0, 0.05) is 24.0 Å². The van der Waals surface area contributed by atoms with Crippen molar-refractivity contribution in [2.24, 2.45) is 0 Å². The molecule has 0 unspecified atom stereocenters. The number of aromatic nitrogens is 4. The first-order valence-electron chi connectivity index (χ1n) is 10.1. The molecule has 158 valence electrons. The molecule has 32 heavy (non-hydrogen) atoms. The average Bonchev–Trinajstić information content (AvgIpc) is 3.45. The predicted molar refractivity (Wildman–Crippen MR) is 120 cm³/mol. The molecule has 3 aromatic heterocycles. The van der Waals surface area contributed by atoms with Crippen molar-refractivity contribution in [3.05, 3.63) is 103 Å². The second kappa shape index (κ2) is 8.39. The SMILES string of the molecule is O=C(O)Cc1ccn(-c2cncc(-n3ccc4cc(OCc5ccccc5)ccc43)n2)c1. The van der Waals surface area contributed by atoms with Crippen LogP contribution in [0.15, 0.2) is 91.6 Å². The summed E-state index contributed by atoms with van der Waals surface area (Å²) in [6, 6.07) is 19.8. The molecule has 0 amide bonds. The Morgan fingerprint density at radius 2 is 1.78 bits per heavy atom. The van der Waals surface area contributed by atoms with Gasteiger partial charge in [0.25, 0.3) is 0 Å². The van der Waals surface area contributed by atoms with E-state index in [-0.39, 0.29) is 6.42 Å². The van der Waals surface area contributed by atoms with Crippen LogP contribution in [0, 0.1) is 0 Å². The molecule has 1 N–H and O–H groups in total. The molecule has 0 fully saturated rings. The van der Waals surface area contributed by atoms with E-state index in [0.717, 1.165) is 22.2 Å². The van der Waals surface area contributed by atoms with Crippen LogP contribution >= 0.6 is 0 Å². The number of benzene rings is 2. The lowest BCUT2D eigenvalue weighted by Gasteiger charge is -2.09. The molecule has 0 aliphatic rings. The highest BCUT2D eigenvalue weighted by Gasteiger charge is 2.09. The number of ether oxygens (including phenoxy) is 1. The number of fused-ring (bicyclic) bond motifs is 1. The Labute approximate surface area is 184 Å². The molecular weight excluding hydrogens is 404 g/mol. The molecule has 5 aromatic rings. The first kappa shape index (κ1) is 19.6. The zero-order valence-electron chi connectivity index (χ0n) is 17.1. The lowest BCUT2D eigenvalue weighted by atomic mass is 10.2. The van der Waals surface area contributed by atoms with Crippen LogP contribution < -0.4 is 4.74 Å². The first-order chi connectivity index (χ1) is 15.7. The van der Waals surface area contributed by atoms with Gasteiger partial charge in [0.05, 0.1) is 24.3 Å². The summed E-state index contributed by atoms with van der Waals surface area (Å²) in [4.78, 5) is 20.0. The number of carbonyl (C=O) groups is 1. The van der Waals surface area contributed by atoms with Gasteiger partial charge in [-0.25, -0.2) is 4.98 Å². The lowest BCUT2D eigenvalue weighted by Crippen LogP contribution is -2.03. The van der Waals surface area contributed by atoms with E-state index in [1.807, 2.05) is 65.4 Å². The van der Waals surface area contributed by atoms with Gasteiger partial charge in [-0.3, -0.25) is 14.3 Å². The standard InChI is InChI=1S/C25H20N4O3/c30-25(31)12-19-8-10-28(16-19)23-14-26-15-24(27-23)29-11-9-20-13-21(6-7-22(20)29)32-17-18-4-2-1-3-5-18/h1-11,13-16H,12,17H2,(H,30,31). The minimum absolute atomic E-state index is 0.0307. The van der Waals surface area contributed by atoms with Crippen LogP contribution in [0.4, 0.5) is 0 Å². The Kier molecular flexibility index (Phi) is 5.13. The number of nitrogens with zero attached hydrogens (tertiary/aromatic N) is 4. The van der Waals surface area contributed by atoms with E-state index in [2.05, 4.69) is 4.98 Å². The summed E-state index contributed by atoms with van der Waals surface area (Å²) in [7, 11) is 0. The Bertz CT molecular complexity index is 1390. The van der Waals surface area contributed by atoms with Crippen molar-refractivity contribution >= 4 is 16.9 Å². The number of hydrogen-bond acceptors (Lipinski definition) is 4. The highest BCUT2D eigenvalue weighted by atomic mass is 16.5. The highest BCUT2D eigenvalue weighted by Crippen LogP contribution is 2.25. The van der Waals surface area contributed by atoms with Gasteiger partial charge in [-0.15, -0.1) is 0 Å². The monoisotopic (exact) mass is 424 g/mol. The van der Waals surface area contributed by atoms with Gasteiger partial charge in [0.2, 0.25) is 0 Å². The molecule has 0 saturated carbocycles. The Balaban J connectivity index is 1.39. The van der Waals surface area contributed by atoms with Gasteiger partial charge in [0.15, 0.2) is 11.6 Å². The van der Waals surface area contributed by atoms with Crippen LogP contribution in [0.5, 0.6) is 5.75 Å². The number of hydrogen-bond donors (Lipinski definition) is 1. The predicted octanol–water partition coefficient (Wildman–Crippen LogP) is 4.42. The largest absolute Gasteiger partial charge is 0.489 e. The summed E-state index contributed by atoms with van der Waals surface area (Å²) in [5.74, 6) is 1.22. The topological polar surface area (TPSA) is 82.2 Å². The van der Waals surface area contributed by atoms with Crippen molar-refractivity contribution in [1.82, 2.24) is 19.1 Å². The zero-order valence-corrected chi connectivity index (χ0v) is 17.1. The van der Waals surface area contributed by atoms with Crippen molar-refractivity contribution in [2.75, 3.05) is 0 Å². The fraction of sp³-hybridized carbons (Fsp3) is 0.0800. The third-order valence-electron chi connectivity index (χ3n) is 5.14. The van der Waals surface area contributed by atoms with Crippen LogP contribution in [-0.4, -0.2) is 30.2 Å². The van der Waals surface area contributed by atoms with E-state index >= 15 is 0 Å². The number of carboxylic acid groups (broad SMARTS) is 1. The molecule has 5 rings (SSSR count). The fourth-order valence-corrected chi connectivity index (χ4v) is 3.60. The van der Waals surface area contributed by atoms with Gasteiger partial charge in [-0.1, -0.05) is 30.3 Å². The van der Waals surface area contributed by atoms with E-state index in [1.165, 1.54) is 0 Å². The Morgan fingerprint density at radius 1 is 0.938 bits per heavy atom. The van der Waals surface area contributed by atoms with Crippen LogP contribution in [0.25, 0.3) is 22.5 Å². The molecule has 7 heteroatoms. The van der Waals surface area contributed by atoms with Crippen LogP contribution in [-0.2, 0) is 17.8 Å². The zero-order chi connectivity index (χ0) is 21.9. The van der Waals surface area contributed by atoms with Crippen molar-refractivity contribution in [1.29, 1.82) is 0 Å². The van der Waals surface area contributed by atoms with E-state index in [1.54, 1.807) is 35.4 Å². The highest BCUT2D eigenvalue weighted by molar-refractivity contribution is 5.83. The summed E-state index contributed by atoms with van der Waals surface area (Å²) in [6.07, 6.45) is 8.81. The molecule has 0 aliphatic carbocycles. The fourth-order valence-electron chi connectivity index (χ4n) is 3.60. The average molecular weight is 424 g/mol. The van der Waals surface area contributed by atoms with Gasteiger partial charge >= 0.3 is 5.97 Å². The summed E-state index contributed by atoms with van der Waals surface area (Å²) in [5.41, 5.74) is 2.82. The second-order valence-corrected chi connectivity index (χ2v) is 7.41. The minimum atomic E-state index is -0.867. The second-order valence-electron chi connectivity index (χ2n) is 7.41. The van der Waals surface area contributed by atoms with Gasteiger partial charge < -0.3 is 14.4 Å². The van der Waals surface area contributed by atoms with Crippen molar-refractivity contribution < 1.29 is 14.6 Å². The number of aliphatic carboxylic acids is 1. The van der Waals surface area contributed by atoms with E-state index in [0.29, 0.717) is 23.8 Å². The summed E-state index contributed by atoms with van der Waals surface area (Å²) in [5, 5.41) is 10.0. The van der Waals surface area contributed by atoms with Crippen LogP contribution in [0.2, 0.25) is 0 Å². The van der Waals surface area contributed by atoms with E-state index in [4.69, 9.17) is 14.8 Å². The number of carboxylic acids is 1. The molecule has 0 aliphatic heterocycles. The lowest BCUT2D eigenvalue weighted by molar-refractivity contribution is -0.136. The third-order valence-corrected chi connectivity index (χ3v) is 5.14. The number of rotatable bonds is 7. The molecule has 0 saturated heterocycles. The maximum Gasteiger partial charge on any atom is 0.307 e. The van der Waals surface area contributed by atoms with Crippen molar-refractivity contribution in [3.63, 3.8) is 0 Å². The van der Waals surface area contributed by atoms with Crippen molar-refractivity contribution in [3.8, 4) is 17.4 Å². The quantitative estimate of drug-likeness (QED) is 0.418. The molecule has 0 atom stereocenters. The maximum atomic E-state index is 10.9. The molecule has 7 nitrogen and oxygen atoms in total. The molecule has 0 bridgehead atoms. The maximum absolute atomic E-state index is 10.9. The van der Waals surface area contributed by atoms with E-state index in [9.17, 15) is 4.79 Å². The first-order valence-corrected chi connectivity index (χ1v) is 10.1. The van der Waals surface area contributed by atoms with Gasteiger partial charge in [-0.2, -0.15) is 0 Å². The third kappa shape index (κ3) is 4.09. The van der Waals surface area contributed by atoms with Gasteiger partial charge in [-0.05, 0) is 41.5 Å². The Hall–Kier alpha value is -4.39. The summed E-state index contributed by atoms with van der Waals surface area (Å²) < 4.78 is 9.68. The summed E-state index contributed by atoms with van der Waals surface area (Å²) >= 11 is 0.